The molecule has 0 saturated carbocycles. The smallest absolute Gasteiger partial charge is 0.261 e. The molecule has 2 N–H and O–H groups in total. The highest BCUT2D eigenvalue weighted by molar-refractivity contribution is 6.16. The minimum atomic E-state index is -0.465. The molecule has 0 fully saturated rings. The maximum absolute atomic E-state index is 12.4. The molecule has 6 heteroatoms. The summed E-state index contributed by atoms with van der Waals surface area (Å²) in [4.78, 5) is 27.8. The summed E-state index contributed by atoms with van der Waals surface area (Å²) in [7, 11) is 0. The fraction of sp³-hybridized carbons (Fsp3) is 0.308. The molecule has 0 spiro atoms. The molecular weight excluding hydrogens is 266 g/mol. The minimum absolute atomic E-state index is 0.0732. The van der Waals surface area contributed by atoms with Crippen LogP contribution in [-0.4, -0.2) is 15.5 Å². The number of fused-ring (bicyclic) bond motifs is 1. The molecule has 0 saturated heterocycles. The summed E-state index contributed by atoms with van der Waals surface area (Å²) in [5.74, 6) is 0.0793. The highest BCUT2D eigenvalue weighted by Gasteiger charge is 2.16. The number of nitrogens with zero attached hydrogens (tertiary/aromatic N) is 2. The van der Waals surface area contributed by atoms with Gasteiger partial charge in [0, 0.05) is 12.5 Å². The van der Waals surface area contributed by atoms with Crippen molar-refractivity contribution in [2.45, 2.75) is 25.3 Å². The van der Waals surface area contributed by atoms with Crippen LogP contribution in [-0.2, 0) is 10.7 Å². The molecule has 1 heterocycles. The fourth-order valence-corrected chi connectivity index (χ4v) is 2.31. The topological polar surface area (TPSA) is 78.0 Å². The van der Waals surface area contributed by atoms with E-state index < -0.39 is 5.91 Å². The molecular formula is C13H14ClN3O2. The van der Waals surface area contributed by atoms with Crippen molar-refractivity contribution < 1.29 is 4.79 Å². The highest BCUT2D eigenvalue weighted by Crippen LogP contribution is 2.15. The maximum atomic E-state index is 12.4. The van der Waals surface area contributed by atoms with E-state index in [-0.39, 0.29) is 23.9 Å². The van der Waals surface area contributed by atoms with Crippen molar-refractivity contribution in [1.82, 2.24) is 9.55 Å². The van der Waals surface area contributed by atoms with Gasteiger partial charge < -0.3 is 5.73 Å². The second-order valence-corrected chi connectivity index (χ2v) is 4.64. The molecule has 0 aliphatic heterocycles. The Hall–Kier alpha value is -1.88. The average molecular weight is 280 g/mol. The predicted octanol–water partition coefficient (Wildman–Crippen LogP) is 1.57. The molecule has 0 bridgehead atoms. The van der Waals surface area contributed by atoms with Crippen molar-refractivity contribution in [3.05, 3.63) is 40.4 Å². The number of para-hydroxylation sites is 1. The highest BCUT2D eigenvalue weighted by atomic mass is 35.5. The van der Waals surface area contributed by atoms with Crippen LogP contribution in [0.25, 0.3) is 10.9 Å². The van der Waals surface area contributed by atoms with Gasteiger partial charge in [0.15, 0.2) is 0 Å². The normalized spacial score (nSPS) is 12.5. The number of hydrogen-bond acceptors (Lipinski definition) is 3. The van der Waals surface area contributed by atoms with E-state index in [0.717, 1.165) is 0 Å². The monoisotopic (exact) mass is 279 g/mol. The zero-order chi connectivity index (χ0) is 14.0. The number of nitrogens with two attached hydrogens (primary N) is 1. The number of alkyl halides is 1. The Balaban J connectivity index is 2.67. The fourth-order valence-electron chi connectivity index (χ4n) is 2.12. The Morgan fingerprint density at radius 1 is 1.47 bits per heavy atom. The summed E-state index contributed by atoms with van der Waals surface area (Å²) in [5.41, 5.74) is 5.58. The molecule has 19 heavy (non-hydrogen) atoms. The van der Waals surface area contributed by atoms with Crippen LogP contribution in [0.2, 0.25) is 0 Å². The van der Waals surface area contributed by atoms with E-state index in [4.69, 9.17) is 17.3 Å². The molecule has 0 aliphatic rings. The van der Waals surface area contributed by atoms with E-state index in [9.17, 15) is 9.59 Å². The van der Waals surface area contributed by atoms with Crippen LogP contribution in [0.15, 0.2) is 29.1 Å². The van der Waals surface area contributed by atoms with Gasteiger partial charge in [0.2, 0.25) is 5.91 Å². The van der Waals surface area contributed by atoms with Crippen molar-refractivity contribution in [3.8, 4) is 0 Å². The lowest BCUT2D eigenvalue weighted by atomic mass is 10.2. The summed E-state index contributed by atoms with van der Waals surface area (Å²) in [6.45, 7) is 1.75. The van der Waals surface area contributed by atoms with Crippen LogP contribution < -0.4 is 11.3 Å². The Morgan fingerprint density at radius 3 is 2.79 bits per heavy atom. The van der Waals surface area contributed by atoms with Gasteiger partial charge in [0.1, 0.15) is 5.82 Å². The molecule has 0 aliphatic carbocycles. The summed E-state index contributed by atoms with van der Waals surface area (Å²) in [5, 5.41) is 0.507. The van der Waals surface area contributed by atoms with Gasteiger partial charge in [0.05, 0.1) is 16.8 Å². The number of carbonyl (C=O) groups is 1. The van der Waals surface area contributed by atoms with Crippen molar-refractivity contribution in [2.24, 2.45) is 5.73 Å². The molecule has 2 rings (SSSR count). The van der Waals surface area contributed by atoms with Gasteiger partial charge in [-0.15, -0.1) is 11.6 Å². The molecule has 5 nitrogen and oxygen atoms in total. The number of aromatic nitrogens is 2. The number of hydrogen-bond donors (Lipinski definition) is 1. The second-order valence-electron chi connectivity index (χ2n) is 4.37. The summed E-state index contributed by atoms with van der Waals surface area (Å²) < 4.78 is 1.44. The summed E-state index contributed by atoms with van der Waals surface area (Å²) in [6, 6.07) is 6.68. The van der Waals surface area contributed by atoms with Crippen LogP contribution >= 0.6 is 11.6 Å². The Kier molecular flexibility index (Phi) is 3.85. The lowest BCUT2D eigenvalue weighted by Gasteiger charge is -2.17. The first-order valence-electron chi connectivity index (χ1n) is 5.89. The van der Waals surface area contributed by atoms with Gasteiger partial charge in [-0.25, -0.2) is 4.98 Å². The zero-order valence-electron chi connectivity index (χ0n) is 10.5. The number of benzene rings is 1. The summed E-state index contributed by atoms with van der Waals surface area (Å²) >= 11 is 5.85. The number of carbonyl (C=O) groups excluding carboxylic acids is 1. The second kappa shape index (κ2) is 5.40. The van der Waals surface area contributed by atoms with Crippen LogP contribution in [0.1, 0.15) is 25.2 Å². The van der Waals surface area contributed by atoms with Gasteiger partial charge in [-0.2, -0.15) is 0 Å². The molecule has 0 radical (unpaired) electrons. The zero-order valence-corrected chi connectivity index (χ0v) is 11.2. The lowest BCUT2D eigenvalue weighted by molar-refractivity contribution is -0.118. The maximum Gasteiger partial charge on any atom is 0.261 e. The Labute approximate surface area is 115 Å². The van der Waals surface area contributed by atoms with Gasteiger partial charge >= 0.3 is 0 Å². The first kappa shape index (κ1) is 13.5. The number of halogens is 1. The van der Waals surface area contributed by atoms with E-state index in [2.05, 4.69) is 4.98 Å². The molecule has 1 unspecified atom stereocenters. The van der Waals surface area contributed by atoms with Gasteiger partial charge in [-0.05, 0) is 19.1 Å². The number of rotatable bonds is 4. The van der Waals surface area contributed by atoms with Gasteiger partial charge in [0.25, 0.3) is 5.56 Å². The lowest BCUT2D eigenvalue weighted by Crippen LogP contribution is -2.30. The first-order chi connectivity index (χ1) is 9.04. The van der Waals surface area contributed by atoms with E-state index in [1.54, 1.807) is 25.1 Å². The van der Waals surface area contributed by atoms with E-state index >= 15 is 0 Å². The van der Waals surface area contributed by atoms with Crippen LogP contribution in [0, 0.1) is 0 Å². The van der Waals surface area contributed by atoms with Crippen molar-refractivity contribution in [3.63, 3.8) is 0 Å². The quantitative estimate of drug-likeness (QED) is 0.863. The van der Waals surface area contributed by atoms with Crippen molar-refractivity contribution >= 4 is 28.4 Å². The average Bonchev–Trinajstić information content (AvgIpc) is 2.37. The molecule has 1 aromatic heterocycles. The van der Waals surface area contributed by atoms with E-state index in [1.165, 1.54) is 4.57 Å². The molecule has 2 aromatic rings. The van der Waals surface area contributed by atoms with Crippen LogP contribution in [0.3, 0.4) is 0 Å². The summed E-state index contributed by atoms with van der Waals surface area (Å²) in [6.07, 6.45) is 0.0732. The van der Waals surface area contributed by atoms with Gasteiger partial charge in [-0.1, -0.05) is 12.1 Å². The van der Waals surface area contributed by atoms with Crippen LogP contribution in [0.4, 0.5) is 0 Å². The predicted molar refractivity (Wildman–Crippen MR) is 74.1 cm³/mol. The SMILES string of the molecule is CC(CC(N)=O)n1c(CCl)nc2ccccc2c1=O. The third-order valence-corrected chi connectivity index (χ3v) is 3.18. The molecule has 1 amide bonds. The standard InChI is InChI=1S/C13H14ClN3O2/c1-8(6-11(15)18)17-12(7-14)16-10-5-3-2-4-9(10)13(17)19/h2-5,8H,6-7H2,1H3,(H2,15,18). The van der Waals surface area contributed by atoms with Crippen molar-refractivity contribution in [1.29, 1.82) is 0 Å². The third kappa shape index (κ3) is 2.61. The largest absolute Gasteiger partial charge is 0.370 e. The van der Waals surface area contributed by atoms with Gasteiger partial charge in [-0.3, -0.25) is 14.2 Å². The van der Waals surface area contributed by atoms with E-state index in [1.807, 2.05) is 6.07 Å². The third-order valence-electron chi connectivity index (χ3n) is 2.94. The Morgan fingerprint density at radius 2 is 2.16 bits per heavy atom. The Bertz CT molecular complexity index is 681. The molecule has 1 aromatic carbocycles. The van der Waals surface area contributed by atoms with E-state index in [0.29, 0.717) is 16.7 Å². The molecule has 100 valence electrons. The number of primary amides is 1. The van der Waals surface area contributed by atoms with Crippen LogP contribution in [0.5, 0.6) is 0 Å². The first-order valence-corrected chi connectivity index (χ1v) is 6.42. The molecule has 1 atom stereocenters. The number of amides is 1. The minimum Gasteiger partial charge on any atom is -0.370 e. The van der Waals surface area contributed by atoms with Crippen molar-refractivity contribution in [2.75, 3.05) is 0 Å².